The summed E-state index contributed by atoms with van der Waals surface area (Å²) in [6.07, 6.45) is 2.32. The van der Waals surface area contributed by atoms with Gasteiger partial charge in [0.1, 0.15) is 5.75 Å². The van der Waals surface area contributed by atoms with E-state index >= 15 is 0 Å². The fourth-order valence-electron chi connectivity index (χ4n) is 1.61. The van der Waals surface area contributed by atoms with Crippen LogP contribution in [0.2, 0.25) is 0 Å². The molecule has 1 aromatic carbocycles. The molecule has 0 spiro atoms. The molecule has 1 atom stereocenters. The van der Waals surface area contributed by atoms with Gasteiger partial charge in [-0.1, -0.05) is 47.0 Å². The zero-order valence-electron chi connectivity index (χ0n) is 9.72. The fourth-order valence-corrected chi connectivity index (χ4v) is 2.42. The minimum Gasteiger partial charge on any atom is -0.494 e. The van der Waals surface area contributed by atoms with Gasteiger partial charge in [0.2, 0.25) is 0 Å². The molecule has 84 valence electrons. The highest BCUT2D eigenvalue weighted by Gasteiger charge is 2.12. The van der Waals surface area contributed by atoms with E-state index < -0.39 is 0 Å². The van der Waals surface area contributed by atoms with Crippen LogP contribution in [0.3, 0.4) is 0 Å². The first-order valence-electron chi connectivity index (χ1n) is 5.56. The standard InChI is InChI=1S/C13H19BrO/c1-4-6-12(14)11-9-10(3)7-8-13(11)15-5-2/h7-9,12H,4-6H2,1-3H3. The van der Waals surface area contributed by atoms with Crippen molar-refractivity contribution in [2.75, 3.05) is 6.61 Å². The number of rotatable bonds is 5. The van der Waals surface area contributed by atoms with Gasteiger partial charge in [0.25, 0.3) is 0 Å². The molecule has 2 heteroatoms. The topological polar surface area (TPSA) is 9.23 Å². The lowest BCUT2D eigenvalue weighted by atomic mass is 10.0. The van der Waals surface area contributed by atoms with E-state index in [0.717, 1.165) is 18.8 Å². The van der Waals surface area contributed by atoms with Crippen LogP contribution in [0.25, 0.3) is 0 Å². The van der Waals surface area contributed by atoms with E-state index in [-0.39, 0.29) is 0 Å². The van der Waals surface area contributed by atoms with Crippen LogP contribution >= 0.6 is 15.9 Å². The summed E-state index contributed by atoms with van der Waals surface area (Å²) in [5.74, 6) is 1.01. The van der Waals surface area contributed by atoms with Gasteiger partial charge in [0.05, 0.1) is 6.61 Å². The molecule has 0 aliphatic rings. The first kappa shape index (κ1) is 12.6. The predicted octanol–water partition coefficient (Wildman–Crippen LogP) is 4.63. The Morgan fingerprint density at radius 3 is 2.67 bits per heavy atom. The van der Waals surface area contributed by atoms with E-state index in [9.17, 15) is 0 Å². The third-order valence-corrected chi connectivity index (χ3v) is 3.30. The van der Waals surface area contributed by atoms with E-state index in [0.29, 0.717) is 4.83 Å². The maximum atomic E-state index is 5.63. The molecule has 1 rings (SSSR count). The SMILES string of the molecule is CCCC(Br)c1cc(C)ccc1OCC. The van der Waals surface area contributed by atoms with Crippen molar-refractivity contribution >= 4 is 15.9 Å². The molecule has 0 amide bonds. The van der Waals surface area contributed by atoms with E-state index in [1.165, 1.54) is 17.5 Å². The van der Waals surface area contributed by atoms with Gasteiger partial charge in [0.15, 0.2) is 0 Å². The van der Waals surface area contributed by atoms with Crippen molar-refractivity contribution in [2.24, 2.45) is 0 Å². The van der Waals surface area contributed by atoms with Gasteiger partial charge in [-0.2, -0.15) is 0 Å². The van der Waals surface area contributed by atoms with Crippen molar-refractivity contribution < 1.29 is 4.74 Å². The smallest absolute Gasteiger partial charge is 0.123 e. The highest BCUT2D eigenvalue weighted by atomic mass is 79.9. The van der Waals surface area contributed by atoms with E-state index in [1.54, 1.807) is 0 Å². The summed E-state index contributed by atoms with van der Waals surface area (Å²) in [4.78, 5) is 0.406. The normalized spacial score (nSPS) is 12.5. The highest BCUT2D eigenvalue weighted by molar-refractivity contribution is 9.09. The average molecular weight is 271 g/mol. The van der Waals surface area contributed by atoms with Gasteiger partial charge in [-0.15, -0.1) is 0 Å². The van der Waals surface area contributed by atoms with Crippen molar-refractivity contribution in [1.29, 1.82) is 0 Å². The Bertz CT molecular complexity index is 309. The average Bonchev–Trinajstić information content (AvgIpc) is 2.21. The molecule has 1 nitrogen and oxygen atoms in total. The quantitative estimate of drug-likeness (QED) is 0.709. The van der Waals surface area contributed by atoms with E-state index in [2.05, 4.69) is 48.0 Å². The van der Waals surface area contributed by atoms with Crippen LogP contribution in [0.1, 0.15) is 42.6 Å². The molecule has 0 N–H and O–H groups in total. The van der Waals surface area contributed by atoms with Gasteiger partial charge in [-0.3, -0.25) is 0 Å². The molecule has 0 bridgehead atoms. The van der Waals surface area contributed by atoms with Crippen molar-refractivity contribution in [3.63, 3.8) is 0 Å². The lowest BCUT2D eigenvalue weighted by Crippen LogP contribution is -1.99. The molecule has 0 saturated heterocycles. The van der Waals surface area contributed by atoms with Gasteiger partial charge in [-0.25, -0.2) is 0 Å². The molecule has 0 aromatic heterocycles. The third kappa shape index (κ3) is 3.53. The Morgan fingerprint density at radius 2 is 2.07 bits per heavy atom. The summed E-state index contributed by atoms with van der Waals surface area (Å²) in [6, 6.07) is 6.37. The Kier molecular flexibility index (Phi) is 5.16. The Labute approximate surface area is 101 Å². The predicted molar refractivity (Wildman–Crippen MR) is 68.9 cm³/mol. The van der Waals surface area contributed by atoms with Crippen LogP contribution in [0, 0.1) is 6.92 Å². The molecule has 0 aliphatic heterocycles. The first-order chi connectivity index (χ1) is 7.19. The summed E-state index contributed by atoms with van der Waals surface area (Å²) in [7, 11) is 0. The molecule has 0 heterocycles. The van der Waals surface area contributed by atoms with Crippen LogP contribution in [0.5, 0.6) is 5.75 Å². The molecule has 0 aliphatic carbocycles. The van der Waals surface area contributed by atoms with Crippen molar-refractivity contribution in [1.82, 2.24) is 0 Å². The maximum absolute atomic E-state index is 5.63. The minimum atomic E-state index is 0.406. The summed E-state index contributed by atoms with van der Waals surface area (Å²) in [5.41, 5.74) is 2.56. The zero-order chi connectivity index (χ0) is 11.3. The van der Waals surface area contributed by atoms with E-state index in [4.69, 9.17) is 4.74 Å². The molecule has 0 fully saturated rings. The summed E-state index contributed by atoms with van der Waals surface area (Å²) in [5, 5.41) is 0. The Balaban J connectivity index is 2.95. The molecule has 1 unspecified atom stereocenters. The molecule has 0 radical (unpaired) electrons. The van der Waals surface area contributed by atoms with Crippen LogP contribution in [0.4, 0.5) is 0 Å². The first-order valence-corrected chi connectivity index (χ1v) is 6.48. The van der Waals surface area contributed by atoms with Gasteiger partial charge in [0, 0.05) is 10.4 Å². The lowest BCUT2D eigenvalue weighted by molar-refractivity contribution is 0.336. The molecule has 1 aromatic rings. The number of aryl methyl sites for hydroxylation is 1. The van der Waals surface area contributed by atoms with Gasteiger partial charge >= 0.3 is 0 Å². The molecular weight excluding hydrogens is 252 g/mol. The number of hydrogen-bond donors (Lipinski definition) is 0. The number of hydrogen-bond acceptors (Lipinski definition) is 1. The fraction of sp³-hybridized carbons (Fsp3) is 0.538. The van der Waals surface area contributed by atoms with Crippen LogP contribution < -0.4 is 4.74 Å². The maximum Gasteiger partial charge on any atom is 0.123 e. The van der Waals surface area contributed by atoms with Gasteiger partial charge in [-0.05, 0) is 26.3 Å². The number of ether oxygens (including phenoxy) is 1. The molecule has 0 saturated carbocycles. The third-order valence-electron chi connectivity index (χ3n) is 2.34. The Morgan fingerprint density at radius 1 is 1.33 bits per heavy atom. The second-order valence-electron chi connectivity index (χ2n) is 3.73. The summed E-state index contributed by atoms with van der Waals surface area (Å²) in [6.45, 7) is 7.06. The van der Waals surface area contributed by atoms with Crippen LogP contribution in [-0.2, 0) is 0 Å². The van der Waals surface area contributed by atoms with Crippen molar-refractivity contribution in [3.05, 3.63) is 29.3 Å². The van der Waals surface area contributed by atoms with Crippen LogP contribution in [0.15, 0.2) is 18.2 Å². The Hall–Kier alpha value is -0.500. The van der Waals surface area contributed by atoms with Crippen LogP contribution in [-0.4, -0.2) is 6.61 Å². The number of benzene rings is 1. The summed E-state index contributed by atoms with van der Waals surface area (Å²) < 4.78 is 5.63. The van der Waals surface area contributed by atoms with Gasteiger partial charge < -0.3 is 4.74 Å². The largest absolute Gasteiger partial charge is 0.494 e. The summed E-state index contributed by atoms with van der Waals surface area (Å²) >= 11 is 3.72. The second kappa shape index (κ2) is 6.16. The number of alkyl halides is 1. The minimum absolute atomic E-state index is 0.406. The van der Waals surface area contributed by atoms with Crippen molar-refractivity contribution in [2.45, 2.75) is 38.4 Å². The molecule has 15 heavy (non-hydrogen) atoms. The van der Waals surface area contributed by atoms with Crippen molar-refractivity contribution in [3.8, 4) is 5.75 Å². The van der Waals surface area contributed by atoms with E-state index in [1.807, 2.05) is 6.92 Å². The zero-order valence-corrected chi connectivity index (χ0v) is 11.3. The second-order valence-corrected chi connectivity index (χ2v) is 4.84. The highest BCUT2D eigenvalue weighted by Crippen LogP contribution is 2.35. The lowest BCUT2D eigenvalue weighted by Gasteiger charge is -2.15. The number of halogens is 1. The monoisotopic (exact) mass is 270 g/mol. The molecular formula is C13H19BrO.